The minimum absolute atomic E-state index is 0.0114. The van der Waals surface area contributed by atoms with E-state index in [-0.39, 0.29) is 25.4 Å². The monoisotopic (exact) mass is 542 g/mol. The van der Waals surface area contributed by atoms with E-state index in [9.17, 15) is 9.90 Å². The Labute approximate surface area is 236 Å². The van der Waals surface area contributed by atoms with Crippen LogP contribution < -0.4 is 5.32 Å². The number of nitrogens with zero attached hydrogens (tertiary/aromatic N) is 1. The summed E-state index contributed by atoms with van der Waals surface area (Å²) in [6.45, 7) is 9.46. The Hall–Kier alpha value is -3.75. The lowest BCUT2D eigenvalue weighted by Crippen LogP contribution is -2.37. The molecular formula is C33H38N2O5. The summed E-state index contributed by atoms with van der Waals surface area (Å²) in [4.78, 5) is 14.1. The molecule has 4 rings (SSSR count). The second-order valence-corrected chi connectivity index (χ2v) is 9.88. The maximum Gasteiger partial charge on any atom is 0.407 e. The summed E-state index contributed by atoms with van der Waals surface area (Å²) >= 11 is 0. The molecule has 7 heteroatoms. The second kappa shape index (κ2) is 14.6. The molecule has 1 saturated heterocycles. The number of carbonyl (C=O) groups is 1. The molecule has 1 aliphatic heterocycles. The molecule has 0 aliphatic carbocycles. The Morgan fingerprint density at radius 1 is 1.02 bits per heavy atom. The minimum Gasteiger partial charge on any atom is -0.445 e. The topological polar surface area (TPSA) is 80.3 Å². The van der Waals surface area contributed by atoms with Crippen LogP contribution in [0.15, 0.2) is 98.1 Å². The maximum atomic E-state index is 11.9. The molecule has 1 heterocycles. The Morgan fingerprint density at radius 2 is 1.75 bits per heavy atom. The molecule has 3 unspecified atom stereocenters. The van der Waals surface area contributed by atoms with E-state index in [1.54, 1.807) is 0 Å². The summed E-state index contributed by atoms with van der Waals surface area (Å²) in [6.07, 6.45) is 2.97. The van der Waals surface area contributed by atoms with Crippen LogP contribution in [0.1, 0.15) is 41.1 Å². The van der Waals surface area contributed by atoms with Crippen molar-refractivity contribution in [3.8, 4) is 11.1 Å². The molecule has 0 aromatic heterocycles. The van der Waals surface area contributed by atoms with Crippen molar-refractivity contribution in [2.45, 2.75) is 38.1 Å². The highest BCUT2D eigenvalue weighted by Gasteiger charge is 2.32. The van der Waals surface area contributed by atoms with E-state index in [1.165, 1.54) is 6.08 Å². The van der Waals surface area contributed by atoms with Crippen LogP contribution >= 0.6 is 0 Å². The van der Waals surface area contributed by atoms with E-state index in [4.69, 9.17) is 14.2 Å². The smallest absolute Gasteiger partial charge is 0.407 e. The first-order chi connectivity index (χ1) is 19.5. The summed E-state index contributed by atoms with van der Waals surface area (Å²) < 4.78 is 17.9. The summed E-state index contributed by atoms with van der Waals surface area (Å²) in [5, 5.41) is 12.2. The van der Waals surface area contributed by atoms with Gasteiger partial charge in [0.25, 0.3) is 0 Å². The van der Waals surface area contributed by atoms with Crippen LogP contribution in [0.25, 0.3) is 11.1 Å². The van der Waals surface area contributed by atoms with Gasteiger partial charge >= 0.3 is 6.09 Å². The first kappa shape index (κ1) is 29.2. The van der Waals surface area contributed by atoms with Crippen molar-refractivity contribution in [2.75, 3.05) is 26.7 Å². The number of likely N-dealkylation sites (N-methyl/N-ethyl adjacent to an activating group) is 1. The van der Waals surface area contributed by atoms with Gasteiger partial charge in [0, 0.05) is 31.6 Å². The van der Waals surface area contributed by atoms with E-state index in [1.807, 2.05) is 66.7 Å². The first-order valence-corrected chi connectivity index (χ1v) is 13.5. The average molecular weight is 543 g/mol. The van der Waals surface area contributed by atoms with Crippen LogP contribution in [-0.2, 0) is 27.4 Å². The van der Waals surface area contributed by atoms with Crippen molar-refractivity contribution in [2.24, 2.45) is 0 Å². The molecule has 0 radical (unpaired) electrons. The van der Waals surface area contributed by atoms with Gasteiger partial charge in [0.05, 0.1) is 18.8 Å². The molecule has 7 nitrogen and oxygen atoms in total. The number of amides is 1. The number of alkyl carbamates (subject to hydrolysis) is 1. The summed E-state index contributed by atoms with van der Waals surface area (Å²) in [6, 6.07) is 24.0. The van der Waals surface area contributed by atoms with E-state index >= 15 is 0 Å². The average Bonchev–Trinajstić information content (AvgIpc) is 2.99. The van der Waals surface area contributed by atoms with Crippen LogP contribution in [0.3, 0.4) is 0 Å². The van der Waals surface area contributed by atoms with Gasteiger partial charge in [-0.25, -0.2) is 4.79 Å². The van der Waals surface area contributed by atoms with Crippen LogP contribution in [0.4, 0.5) is 4.79 Å². The number of aliphatic hydroxyl groups excluding tert-OH is 1. The van der Waals surface area contributed by atoms with Crippen molar-refractivity contribution in [3.05, 3.63) is 120 Å². The highest BCUT2D eigenvalue weighted by Crippen LogP contribution is 2.38. The van der Waals surface area contributed by atoms with Gasteiger partial charge in [0.2, 0.25) is 0 Å². The lowest BCUT2D eigenvalue weighted by molar-refractivity contribution is -0.252. The summed E-state index contributed by atoms with van der Waals surface area (Å²) in [5.74, 6) is 0. The molecule has 0 saturated carbocycles. The number of ether oxygens (including phenoxy) is 3. The molecule has 2 N–H and O–H groups in total. The number of carbonyl (C=O) groups excluding carboxylic acids is 1. The van der Waals surface area contributed by atoms with E-state index < -0.39 is 12.4 Å². The van der Waals surface area contributed by atoms with Crippen molar-refractivity contribution >= 4 is 6.09 Å². The SMILES string of the molecule is C=CCOC(=O)NCc1ccccc1-c1ccc(C2OC(CN(C)CC=C)CC(c3ccc(CO)cc3)O2)cc1. The number of nitrogens with one attached hydrogen (secondary N) is 1. The van der Waals surface area contributed by atoms with E-state index in [0.29, 0.717) is 6.54 Å². The highest BCUT2D eigenvalue weighted by molar-refractivity contribution is 5.70. The Morgan fingerprint density at radius 3 is 2.45 bits per heavy atom. The molecule has 210 valence electrons. The largest absolute Gasteiger partial charge is 0.445 e. The fourth-order valence-corrected chi connectivity index (χ4v) is 4.80. The normalized spacial score (nSPS) is 18.7. The molecule has 0 spiro atoms. The third kappa shape index (κ3) is 7.90. The molecule has 3 atom stereocenters. The third-order valence-electron chi connectivity index (χ3n) is 6.84. The van der Waals surface area contributed by atoms with Crippen molar-refractivity contribution in [1.82, 2.24) is 10.2 Å². The molecule has 3 aromatic carbocycles. The van der Waals surface area contributed by atoms with Gasteiger partial charge in [-0.15, -0.1) is 6.58 Å². The highest BCUT2D eigenvalue weighted by atomic mass is 16.7. The zero-order valence-electron chi connectivity index (χ0n) is 23.0. The fraction of sp³-hybridized carbons (Fsp3) is 0.303. The lowest BCUT2D eigenvalue weighted by atomic mass is 9.97. The van der Waals surface area contributed by atoms with Gasteiger partial charge in [-0.3, -0.25) is 0 Å². The molecule has 1 amide bonds. The maximum absolute atomic E-state index is 11.9. The van der Waals surface area contributed by atoms with Gasteiger partial charge in [-0.1, -0.05) is 91.5 Å². The number of aliphatic hydroxyl groups is 1. The third-order valence-corrected chi connectivity index (χ3v) is 6.84. The lowest BCUT2D eigenvalue weighted by Gasteiger charge is -2.37. The van der Waals surface area contributed by atoms with Crippen molar-refractivity contribution in [1.29, 1.82) is 0 Å². The Kier molecular flexibility index (Phi) is 10.7. The molecule has 0 bridgehead atoms. The standard InChI is InChI=1S/C33H38N2O5/c1-4-18-35(3)22-29-20-31(26-12-10-24(23-36)11-13-26)40-32(39-29)27-16-14-25(15-17-27)30-9-7-6-8-28(30)21-34-33(37)38-19-5-2/h4-17,29,31-32,36H,1-2,18-23H2,3H3,(H,34,37). The van der Waals surface area contributed by atoms with Gasteiger partial charge in [-0.05, 0) is 34.9 Å². The molecule has 1 fully saturated rings. The Bertz CT molecular complexity index is 1260. The number of rotatable bonds is 12. The van der Waals surface area contributed by atoms with Crippen LogP contribution in [0.5, 0.6) is 0 Å². The molecule has 3 aromatic rings. The number of benzene rings is 3. The predicted molar refractivity (Wildman–Crippen MR) is 156 cm³/mol. The van der Waals surface area contributed by atoms with Gasteiger partial charge in [0.1, 0.15) is 6.61 Å². The van der Waals surface area contributed by atoms with Gasteiger partial charge in [0.15, 0.2) is 6.29 Å². The van der Waals surface area contributed by atoms with Gasteiger partial charge in [-0.2, -0.15) is 0 Å². The summed E-state index contributed by atoms with van der Waals surface area (Å²) in [7, 11) is 2.06. The Balaban J connectivity index is 1.52. The van der Waals surface area contributed by atoms with Crippen LogP contribution in [0.2, 0.25) is 0 Å². The van der Waals surface area contributed by atoms with E-state index in [0.717, 1.165) is 52.9 Å². The zero-order chi connectivity index (χ0) is 28.3. The van der Waals surface area contributed by atoms with Crippen LogP contribution in [-0.4, -0.2) is 48.9 Å². The van der Waals surface area contributed by atoms with Crippen molar-refractivity contribution in [3.63, 3.8) is 0 Å². The summed E-state index contributed by atoms with van der Waals surface area (Å²) in [5.41, 5.74) is 5.89. The van der Waals surface area contributed by atoms with E-state index in [2.05, 4.69) is 42.6 Å². The quantitative estimate of drug-likeness (QED) is 0.277. The zero-order valence-corrected chi connectivity index (χ0v) is 23.0. The second-order valence-electron chi connectivity index (χ2n) is 9.88. The van der Waals surface area contributed by atoms with Crippen LogP contribution in [0, 0.1) is 0 Å². The first-order valence-electron chi connectivity index (χ1n) is 13.5. The fourth-order valence-electron chi connectivity index (χ4n) is 4.80. The molecule has 1 aliphatic rings. The van der Waals surface area contributed by atoms with Gasteiger partial charge < -0.3 is 29.5 Å². The number of hydrogen-bond acceptors (Lipinski definition) is 6. The number of hydrogen-bond donors (Lipinski definition) is 2. The molecule has 40 heavy (non-hydrogen) atoms. The predicted octanol–water partition coefficient (Wildman–Crippen LogP) is 5.92. The van der Waals surface area contributed by atoms with Crippen molar-refractivity contribution < 1.29 is 24.1 Å². The minimum atomic E-state index is -0.524. The molecular weight excluding hydrogens is 504 g/mol.